The summed E-state index contributed by atoms with van der Waals surface area (Å²) in [7, 11) is 1.86. The Morgan fingerprint density at radius 2 is 2.15 bits per heavy atom. The number of hydrogen-bond donors (Lipinski definition) is 1. The van der Waals surface area contributed by atoms with Gasteiger partial charge in [-0.2, -0.15) is 0 Å². The second-order valence-corrected chi connectivity index (χ2v) is 7.34. The van der Waals surface area contributed by atoms with Gasteiger partial charge in [-0.25, -0.2) is 13.8 Å². The van der Waals surface area contributed by atoms with E-state index < -0.39 is 17.5 Å². The van der Waals surface area contributed by atoms with E-state index in [4.69, 9.17) is 0 Å². The van der Waals surface area contributed by atoms with Crippen molar-refractivity contribution in [3.05, 3.63) is 53.6 Å². The highest BCUT2D eigenvalue weighted by molar-refractivity contribution is 5.95. The largest absolute Gasteiger partial charge is 0.337 e. The predicted molar refractivity (Wildman–Crippen MR) is 92.4 cm³/mol. The van der Waals surface area contributed by atoms with E-state index in [0.717, 1.165) is 56.4 Å². The normalized spacial score (nSPS) is 21.0. The molecule has 2 aromatic rings. The first-order chi connectivity index (χ1) is 12.5. The van der Waals surface area contributed by atoms with Crippen LogP contribution in [0.3, 0.4) is 0 Å². The van der Waals surface area contributed by atoms with Crippen molar-refractivity contribution in [2.75, 3.05) is 13.1 Å². The van der Waals surface area contributed by atoms with Gasteiger partial charge in [0.1, 0.15) is 17.5 Å². The lowest BCUT2D eigenvalue weighted by molar-refractivity contribution is 0.0680. The Balaban J connectivity index is 1.65. The minimum atomic E-state index is -0.693. The molecule has 1 aromatic carbocycles. The third-order valence-corrected chi connectivity index (χ3v) is 5.77. The molecule has 1 spiro atoms. The first-order valence-corrected chi connectivity index (χ1v) is 8.93. The van der Waals surface area contributed by atoms with Crippen molar-refractivity contribution in [3.63, 3.8) is 0 Å². The monoisotopic (exact) mass is 360 g/mol. The molecular weight excluding hydrogens is 338 g/mol. The SMILES string of the molecule is Cn1ccnc1CN(C(=O)c1cc(F)ccc1F)[C@@H]1CC12CCNCC2. The highest BCUT2D eigenvalue weighted by Crippen LogP contribution is 2.56. The van der Waals surface area contributed by atoms with Gasteiger partial charge in [-0.1, -0.05) is 0 Å². The van der Waals surface area contributed by atoms with E-state index in [1.165, 1.54) is 0 Å². The van der Waals surface area contributed by atoms with Crippen LogP contribution in [0.4, 0.5) is 8.78 Å². The van der Waals surface area contributed by atoms with Crippen molar-refractivity contribution in [2.45, 2.75) is 31.8 Å². The number of carbonyl (C=O) groups excluding carboxylic acids is 1. The summed E-state index contributed by atoms with van der Waals surface area (Å²) >= 11 is 0. The fourth-order valence-electron chi connectivity index (χ4n) is 4.07. The standard InChI is InChI=1S/C19H22F2N4O/c1-24-9-8-23-17(24)12-25(16-11-19(16)4-6-22-7-5-19)18(26)14-10-13(20)2-3-15(14)21/h2-3,8-10,16,22H,4-7,11-12H2,1H3/t16-/m1/s1. The maximum absolute atomic E-state index is 14.2. The molecule has 1 amide bonds. The Bertz CT molecular complexity index is 829. The molecule has 2 aliphatic rings. The first-order valence-electron chi connectivity index (χ1n) is 8.93. The Kier molecular flexibility index (Phi) is 4.26. The Morgan fingerprint density at radius 3 is 2.85 bits per heavy atom. The van der Waals surface area contributed by atoms with Crippen molar-refractivity contribution >= 4 is 5.91 Å². The molecular formula is C19H22F2N4O. The number of amides is 1. The second kappa shape index (κ2) is 6.46. The van der Waals surface area contributed by atoms with E-state index in [2.05, 4.69) is 10.3 Å². The molecule has 7 heteroatoms. The highest BCUT2D eigenvalue weighted by atomic mass is 19.1. The maximum Gasteiger partial charge on any atom is 0.257 e. The number of aromatic nitrogens is 2. The van der Waals surface area contributed by atoms with Gasteiger partial charge in [-0.15, -0.1) is 0 Å². The third kappa shape index (κ3) is 3.00. The maximum atomic E-state index is 14.2. The summed E-state index contributed by atoms with van der Waals surface area (Å²) < 4.78 is 29.7. The van der Waals surface area contributed by atoms with Gasteiger partial charge in [0, 0.05) is 25.5 Å². The highest BCUT2D eigenvalue weighted by Gasteiger charge is 2.58. The smallest absolute Gasteiger partial charge is 0.257 e. The average molecular weight is 360 g/mol. The molecule has 2 fully saturated rings. The van der Waals surface area contributed by atoms with Crippen molar-refractivity contribution in [1.82, 2.24) is 19.8 Å². The Hall–Kier alpha value is -2.28. The molecule has 1 saturated heterocycles. The molecule has 1 aliphatic heterocycles. The van der Waals surface area contributed by atoms with Crippen molar-refractivity contribution in [3.8, 4) is 0 Å². The molecule has 5 nitrogen and oxygen atoms in total. The van der Waals surface area contributed by atoms with Gasteiger partial charge in [0.2, 0.25) is 0 Å². The average Bonchev–Trinajstić information content (AvgIpc) is 3.14. The van der Waals surface area contributed by atoms with E-state index in [0.29, 0.717) is 0 Å². The molecule has 1 aliphatic carbocycles. The van der Waals surface area contributed by atoms with E-state index in [-0.39, 0.29) is 23.6 Å². The van der Waals surface area contributed by atoms with Gasteiger partial charge in [-0.05, 0) is 56.0 Å². The lowest BCUT2D eigenvalue weighted by Gasteiger charge is -2.29. The number of nitrogens with one attached hydrogen (secondary N) is 1. The van der Waals surface area contributed by atoms with Crippen LogP contribution >= 0.6 is 0 Å². The molecule has 0 bridgehead atoms. The van der Waals surface area contributed by atoms with Crippen LogP contribution in [-0.4, -0.2) is 39.5 Å². The van der Waals surface area contributed by atoms with Gasteiger partial charge in [-0.3, -0.25) is 4.79 Å². The van der Waals surface area contributed by atoms with Gasteiger partial charge in [0.05, 0.1) is 12.1 Å². The van der Waals surface area contributed by atoms with Crippen LogP contribution in [0, 0.1) is 17.0 Å². The van der Waals surface area contributed by atoms with E-state index in [1.54, 1.807) is 11.1 Å². The van der Waals surface area contributed by atoms with Crippen LogP contribution in [0.2, 0.25) is 0 Å². The third-order valence-electron chi connectivity index (χ3n) is 5.77. The van der Waals surface area contributed by atoms with E-state index in [9.17, 15) is 13.6 Å². The summed E-state index contributed by atoms with van der Waals surface area (Å²) in [6.45, 7) is 2.14. The molecule has 26 heavy (non-hydrogen) atoms. The summed E-state index contributed by atoms with van der Waals surface area (Å²) in [4.78, 5) is 19.1. The predicted octanol–water partition coefficient (Wildman–Crippen LogP) is 2.48. The molecule has 1 N–H and O–H groups in total. The number of nitrogens with zero attached hydrogens (tertiary/aromatic N) is 3. The summed E-state index contributed by atoms with van der Waals surface area (Å²) in [5.74, 6) is -1.04. The fourth-order valence-corrected chi connectivity index (χ4v) is 4.07. The van der Waals surface area contributed by atoms with Crippen LogP contribution in [0.1, 0.15) is 35.4 Å². The first kappa shape index (κ1) is 17.1. The van der Waals surface area contributed by atoms with Gasteiger partial charge in [0.15, 0.2) is 0 Å². The van der Waals surface area contributed by atoms with Crippen molar-refractivity contribution in [2.24, 2.45) is 12.5 Å². The number of piperidine rings is 1. The zero-order valence-corrected chi connectivity index (χ0v) is 14.7. The van der Waals surface area contributed by atoms with Crippen molar-refractivity contribution in [1.29, 1.82) is 0 Å². The lowest BCUT2D eigenvalue weighted by Crippen LogP contribution is -2.40. The van der Waals surface area contributed by atoms with Gasteiger partial charge < -0.3 is 14.8 Å². The zero-order valence-electron chi connectivity index (χ0n) is 14.7. The number of benzene rings is 1. The summed E-state index contributed by atoms with van der Waals surface area (Å²) in [5.41, 5.74) is -0.120. The van der Waals surface area contributed by atoms with Gasteiger partial charge >= 0.3 is 0 Å². The van der Waals surface area contributed by atoms with E-state index in [1.807, 2.05) is 17.8 Å². The lowest BCUT2D eigenvalue weighted by atomic mass is 9.93. The molecule has 2 heterocycles. The second-order valence-electron chi connectivity index (χ2n) is 7.34. The van der Waals surface area contributed by atoms with Crippen LogP contribution in [0.5, 0.6) is 0 Å². The number of halogens is 2. The van der Waals surface area contributed by atoms with Crippen LogP contribution in [0.15, 0.2) is 30.6 Å². The summed E-state index contributed by atoms with van der Waals surface area (Å²) in [6.07, 6.45) is 6.38. The fraction of sp³-hybridized carbons (Fsp3) is 0.474. The minimum absolute atomic E-state index is 0.0384. The molecule has 1 saturated carbocycles. The van der Waals surface area contributed by atoms with Gasteiger partial charge in [0.25, 0.3) is 5.91 Å². The molecule has 4 rings (SSSR count). The minimum Gasteiger partial charge on any atom is -0.337 e. The molecule has 0 unspecified atom stereocenters. The quantitative estimate of drug-likeness (QED) is 0.911. The topological polar surface area (TPSA) is 50.2 Å². The number of rotatable bonds is 4. The Morgan fingerprint density at radius 1 is 1.38 bits per heavy atom. The Labute approximate surface area is 151 Å². The van der Waals surface area contributed by atoms with E-state index >= 15 is 0 Å². The summed E-state index contributed by atoms with van der Waals surface area (Å²) in [5, 5.41) is 3.34. The van der Waals surface area contributed by atoms with Crippen LogP contribution in [0.25, 0.3) is 0 Å². The molecule has 0 radical (unpaired) electrons. The molecule has 1 atom stereocenters. The zero-order chi connectivity index (χ0) is 18.3. The van der Waals surface area contributed by atoms with Crippen LogP contribution < -0.4 is 5.32 Å². The van der Waals surface area contributed by atoms with Crippen LogP contribution in [-0.2, 0) is 13.6 Å². The summed E-state index contributed by atoms with van der Waals surface area (Å²) in [6, 6.07) is 3.06. The molecule has 138 valence electrons. The molecule has 1 aromatic heterocycles. The number of imidazole rings is 1. The number of carbonyl (C=O) groups is 1. The number of hydrogen-bond acceptors (Lipinski definition) is 3. The number of aryl methyl sites for hydroxylation is 1. The van der Waals surface area contributed by atoms with Crippen molar-refractivity contribution < 1.29 is 13.6 Å².